The second-order valence-electron chi connectivity index (χ2n) is 6.22. The highest BCUT2D eigenvalue weighted by atomic mass is 35.5. The fraction of sp³-hybridized carbons (Fsp3) is 0.222. The van der Waals surface area contributed by atoms with Gasteiger partial charge in [0.25, 0.3) is 5.91 Å². The number of aromatic nitrogens is 2. The van der Waals surface area contributed by atoms with Crippen molar-refractivity contribution in [1.82, 2.24) is 10.2 Å². The first-order valence-electron chi connectivity index (χ1n) is 8.26. The largest absolute Gasteiger partial charge is 0.312 e. The number of hydrogen-bond donors (Lipinski definition) is 1. The van der Waals surface area contributed by atoms with Gasteiger partial charge < -0.3 is 4.90 Å². The minimum absolute atomic E-state index is 0.0271. The Balaban J connectivity index is 1.47. The van der Waals surface area contributed by atoms with Crippen LogP contribution >= 0.6 is 34.3 Å². The summed E-state index contributed by atoms with van der Waals surface area (Å²) in [6.45, 7) is 2.44. The van der Waals surface area contributed by atoms with E-state index in [1.807, 2.05) is 36.6 Å². The van der Waals surface area contributed by atoms with Crippen LogP contribution in [-0.4, -0.2) is 28.6 Å². The van der Waals surface area contributed by atoms with Crippen LogP contribution in [0, 0.1) is 6.92 Å². The number of aryl methyl sites for hydroxylation is 1. The summed E-state index contributed by atoms with van der Waals surface area (Å²) in [5.74, 6) is -0.229. The van der Waals surface area contributed by atoms with Gasteiger partial charge in [0.15, 0.2) is 0 Å². The number of amides is 2. The molecule has 1 unspecified atom stereocenters. The lowest BCUT2D eigenvalue weighted by Gasteiger charge is -2.17. The van der Waals surface area contributed by atoms with Gasteiger partial charge in [-0.2, -0.15) is 0 Å². The molecular formula is C18H15ClN4O2S2. The lowest BCUT2D eigenvalue weighted by atomic mass is 10.1. The van der Waals surface area contributed by atoms with Crippen LogP contribution in [0.3, 0.4) is 0 Å². The van der Waals surface area contributed by atoms with E-state index in [0.717, 1.165) is 16.3 Å². The molecule has 3 aromatic rings. The summed E-state index contributed by atoms with van der Waals surface area (Å²) in [4.78, 5) is 26.9. The molecule has 2 aromatic heterocycles. The minimum Gasteiger partial charge on any atom is -0.312 e. The first kappa shape index (κ1) is 18.1. The summed E-state index contributed by atoms with van der Waals surface area (Å²) in [5, 5.41) is 14.6. The second-order valence-corrected chi connectivity index (χ2v) is 8.58. The van der Waals surface area contributed by atoms with E-state index in [9.17, 15) is 9.59 Å². The lowest BCUT2D eigenvalue weighted by Crippen LogP contribution is -2.24. The summed E-state index contributed by atoms with van der Waals surface area (Å²) >= 11 is 8.86. The van der Waals surface area contributed by atoms with Gasteiger partial charge in [-0.3, -0.25) is 14.9 Å². The van der Waals surface area contributed by atoms with E-state index < -0.39 is 0 Å². The molecule has 0 bridgehead atoms. The number of carbonyl (C=O) groups excluding carboxylic acids is 2. The number of nitrogens with one attached hydrogen (secondary N) is 1. The van der Waals surface area contributed by atoms with Crippen molar-refractivity contribution in [1.29, 1.82) is 0 Å². The van der Waals surface area contributed by atoms with Crippen LogP contribution < -0.4 is 10.2 Å². The fourth-order valence-electron chi connectivity index (χ4n) is 2.89. The standard InChI is InChI=1S/C18H15ClN4O2S2/c1-10-4-5-12(8-13(10)19)23-9-11(7-15(23)24)17-21-22-18(27-17)20-16(25)14-3-2-6-26-14/h2-6,8,11H,7,9H2,1H3,(H,20,22,25). The molecule has 9 heteroatoms. The summed E-state index contributed by atoms with van der Waals surface area (Å²) in [5.41, 5.74) is 1.76. The van der Waals surface area contributed by atoms with Gasteiger partial charge in [0.2, 0.25) is 11.0 Å². The van der Waals surface area contributed by atoms with Crippen molar-refractivity contribution in [2.45, 2.75) is 19.3 Å². The molecule has 3 heterocycles. The third-order valence-electron chi connectivity index (χ3n) is 4.35. The number of carbonyl (C=O) groups is 2. The molecule has 1 aliphatic heterocycles. The van der Waals surface area contributed by atoms with Crippen LogP contribution in [0.25, 0.3) is 0 Å². The Bertz CT molecular complexity index is 1000. The molecule has 1 aliphatic rings. The topological polar surface area (TPSA) is 75.2 Å². The lowest BCUT2D eigenvalue weighted by molar-refractivity contribution is -0.117. The molecular weight excluding hydrogens is 404 g/mol. The van der Waals surface area contributed by atoms with E-state index in [4.69, 9.17) is 11.6 Å². The van der Waals surface area contributed by atoms with Gasteiger partial charge in [-0.1, -0.05) is 35.1 Å². The van der Waals surface area contributed by atoms with E-state index in [0.29, 0.717) is 28.0 Å². The molecule has 138 valence electrons. The monoisotopic (exact) mass is 418 g/mol. The summed E-state index contributed by atoms with van der Waals surface area (Å²) < 4.78 is 0. The number of thiophene rings is 1. The van der Waals surface area contributed by atoms with Crippen molar-refractivity contribution in [2.75, 3.05) is 16.8 Å². The average Bonchev–Trinajstić information content (AvgIpc) is 3.38. The molecule has 1 fully saturated rings. The molecule has 1 N–H and O–H groups in total. The van der Waals surface area contributed by atoms with Gasteiger partial charge >= 0.3 is 0 Å². The normalized spacial score (nSPS) is 16.7. The second kappa shape index (κ2) is 7.38. The highest BCUT2D eigenvalue weighted by molar-refractivity contribution is 7.15. The number of halogens is 1. The first-order valence-corrected chi connectivity index (χ1v) is 10.3. The Morgan fingerprint density at radius 3 is 2.93 bits per heavy atom. The Labute approximate surface area is 168 Å². The predicted octanol–water partition coefficient (Wildman–Crippen LogP) is 4.33. The van der Waals surface area contributed by atoms with E-state index in [1.54, 1.807) is 11.0 Å². The highest BCUT2D eigenvalue weighted by Crippen LogP contribution is 2.35. The molecule has 1 aromatic carbocycles. The van der Waals surface area contributed by atoms with Crippen molar-refractivity contribution in [3.05, 3.63) is 56.2 Å². The molecule has 27 heavy (non-hydrogen) atoms. The van der Waals surface area contributed by atoms with Crippen molar-refractivity contribution >= 4 is 56.9 Å². The molecule has 4 rings (SSSR count). The van der Waals surface area contributed by atoms with Gasteiger partial charge in [0, 0.05) is 29.6 Å². The van der Waals surface area contributed by atoms with E-state index in [2.05, 4.69) is 15.5 Å². The Morgan fingerprint density at radius 1 is 1.33 bits per heavy atom. The molecule has 0 saturated carbocycles. The fourth-order valence-corrected chi connectivity index (χ4v) is 4.51. The van der Waals surface area contributed by atoms with Crippen molar-refractivity contribution in [3.63, 3.8) is 0 Å². The van der Waals surface area contributed by atoms with Crippen LogP contribution in [0.1, 0.15) is 32.6 Å². The molecule has 1 atom stereocenters. The van der Waals surface area contributed by atoms with E-state index >= 15 is 0 Å². The van der Waals surface area contributed by atoms with Gasteiger partial charge in [-0.15, -0.1) is 21.5 Å². The van der Waals surface area contributed by atoms with Gasteiger partial charge in [-0.05, 0) is 36.1 Å². The van der Waals surface area contributed by atoms with Crippen LogP contribution in [0.5, 0.6) is 0 Å². The summed E-state index contributed by atoms with van der Waals surface area (Å²) in [6, 6.07) is 9.18. The Morgan fingerprint density at radius 2 is 2.19 bits per heavy atom. The average molecular weight is 419 g/mol. The van der Waals surface area contributed by atoms with E-state index in [-0.39, 0.29) is 17.7 Å². The third kappa shape index (κ3) is 3.73. The number of nitrogens with zero attached hydrogens (tertiary/aromatic N) is 3. The van der Waals surface area contributed by atoms with Crippen LogP contribution in [-0.2, 0) is 4.79 Å². The van der Waals surface area contributed by atoms with Gasteiger partial charge in [-0.25, -0.2) is 0 Å². The zero-order chi connectivity index (χ0) is 19.0. The maximum absolute atomic E-state index is 12.5. The quantitative estimate of drug-likeness (QED) is 0.684. The van der Waals surface area contributed by atoms with Crippen molar-refractivity contribution in [3.8, 4) is 0 Å². The molecule has 0 radical (unpaired) electrons. The number of hydrogen-bond acceptors (Lipinski definition) is 6. The maximum Gasteiger partial charge on any atom is 0.267 e. The first-order chi connectivity index (χ1) is 13.0. The Hall–Kier alpha value is -2.29. The highest BCUT2D eigenvalue weighted by Gasteiger charge is 2.34. The molecule has 0 spiro atoms. The Kier molecular flexibility index (Phi) is 4.94. The van der Waals surface area contributed by atoms with Crippen LogP contribution in [0.2, 0.25) is 5.02 Å². The molecule has 0 aliphatic carbocycles. The molecule has 6 nitrogen and oxygen atoms in total. The summed E-state index contributed by atoms with van der Waals surface area (Å²) in [6.07, 6.45) is 0.360. The zero-order valence-electron chi connectivity index (χ0n) is 14.3. The molecule has 1 saturated heterocycles. The minimum atomic E-state index is -0.203. The molecule has 2 amide bonds. The number of benzene rings is 1. The van der Waals surface area contributed by atoms with Crippen molar-refractivity contribution in [2.24, 2.45) is 0 Å². The zero-order valence-corrected chi connectivity index (χ0v) is 16.7. The third-order valence-corrected chi connectivity index (χ3v) is 6.62. The predicted molar refractivity (Wildman–Crippen MR) is 108 cm³/mol. The van der Waals surface area contributed by atoms with Crippen LogP contribution in [0.4, 0.5) is 10.8 Å². The number of rotatable bonds is 4. The van der Waals surface area contributed by atoms with Crippen molar-refractivity contribution < 1.29 is 9.59 Å². The van der Waals surface area contributed by atoms with E-state index in [1.165, 1.54) is 22.7 Å². The number of anilines is 2. The van der Waals surface area contributed by atoms with Crippen LogP contribution in [0.15, 0.2) is 35.7 Å². The maximum atomic E-state index is 12.5. The van der Waals surface area contributed by atoms with Gasteiger partial charge in [0.1, 0.15) is 5.01 Å². The SMILES string of the molecule is Cc1ccc(N2CC(c3nnc(NC(=O)c4cccs4)s3)CC2=O)cc1Cl. The smallest absolute Gasteiger partial charge is 0.267 e. The van der Waals surface area contributed by atoms with Gasteiger partial charge in [0.05, 0.1) is 4.88 Å². The summed E-state index contributed by atoms with van der Waals surface area (Å²) in [7, 11) is 0.